The molecule has 2 heterocycles. The summed E-state index contributed by atoms with van der Waals surface area (Å²) in [5.74, 6) is 0.788. The number of aliphatic hydroxyl groups is 1. The van der Waals surface area contributed by atoms with E-state index in [1.54, 1.807) is 29.7 Å². The number of halogens is 1. The van der Waals surface area contributed by atoms with E-state index in [9.17, 15) is 5.11 Å². The number of benzene rings is 2. The molecular weight excluding hydrogens is 430 g/mol. The molecule has 2 aromatic heterocycles. The van der Waals surface area contributed by atoms with Crippen molar-refractivity contribution in [2.24, 2.45) is 0 Å². The van der Waals surface area contributed by atoms with Crippen LogP contribution in [0.15, 0.2) is 78.3 Å². The Morgan fingerprint density at radius 1 is 1.03 bits per heavy atom. The first-order chi connectivity index (χ1) is 15.2. The molecule has 0 bridgehead atoms. The van der Waals surface area contributed by atoms with Gasteiger partial charge in [-0.3, -0.25) is 0 Å². The molecule has 4 aromatic rings. The quantitative estimate of drug-likeness (QED) is 0.269. The van der Waals surface area contributed by atoms with E-state index >= 15 is 0 Å². The zero-order valence-electron chi connectivity index (χ0n) is 16.7. The van der Waals surface area contributed by atoms with Gasteiger partial charge in [-0.15, -0.1) is 11.3 Å². The molecule has 0 aliphatic rings. The lowest BCUT2D eigenvalue weighted by atomic mass is 10.1. The zero-order chi connectivity index (χ0) is 21.5. The zero-order valence-corrected chi connectivity index (χ0v) is 18.3. The summed E-state index contributed by atoms with van der Waals surface area (Å²) in [6, 6.07) is 21.5. The molecule has 0 saturated carbocycles. The van der Waals surface area contributed by atoms with E-state index in [4.69, 9.17) is 21.3 Å². The van der Waals surface area contributed by atoms with Crippen molar-refractivity contribution in [3.63, 3.8) is 0 Å². The first-order valence-corrected chi connectivity index (χ1v) is 11.2. The Kier molecular flexibility index (Phi) is 7.27. The van der Waals surface area contributed by atoms with Gasteiger partial charge in [0.1, 0.15) is 22.5 Å². The molecule has 0 aliphatic carbocycles. The lowest BCUT2D eigenvalue weighted by Crippen LogP contribution is -2.26. The first kappa shape index (κ1) is 21.5. The predicted octanol–water partition coefficient (Wildman–Crippen LogP) is 5.23. The highest BCUT2D eigenvalue weighted by atomic mass is 35.5. The number of hydrogen-bond acceptors (Lipinski definition) is 6. The molecule has 4 rings (SSSR count). The fourth-order valence-corrected chi connectivity index (χ4v) is 3.99. The highest BCUT2D eigenvalue weighted by Crippen LogP contribution is 2.30. The Hall–Kier alpha value is -2.77. The number of rotatable bonds is 9. The van der Waals surface area contributed by atoms with Crippen LogP contribution in [0.25, 0.3) is 21.8 Å². The van der Waals surface area contributed by atoms with E-state index < -0.39 is 6.10 Å². The monoisotopic (exact) mass is 451 g/mol. The summed E-state index contributed by atoms with van der Waals surface area (Å²) < 4.78 is 5.86. The molecule has 2 aromatic carbocycles. The number of hydrogen-bond donors (Lipinski definition) is 2. The first-order valence-electron chi connectivity index (χ1n) is 9.93. The van der Waals surface area contributed by atoms with Crippen LogP contribution in [0.5, 0.6) is 5.75 Å². The minimum atomic E-state index is -0.642. The maximum atomic E-state index is 10.2. The number of ether oxygens (including phenoxy) is 1. The molecule has 0 aliphatic heterocycles. The van der Waals surface area contributed by atoms with Crippen molar-refractivity contribution in [1.29, 1.82) is 0 Å². The van der Waals surface area contributed by atoms with Gasteiger partial charge in [0.25, 0.3) is 0 Å². The van der Waals surface area contributed by atoms with Crippen LogP contribution in [-0.2, 0) is 0 Å². The molecule has 0 spiro atoms. The number of aliphatic hydroxyl groups excluding tert-OH is 1. The van der Waals surface area contributed by atoms with Gasteiger partial charge in [0.15, 0.2) is 0 Å². The molecule has 0 unspecified atom stereocenters. The SMILES string of the molecule is O[C@@H](CNCCOc1cccc(-c2csc(-c3ccccc3)n2)c1)c1ccc(Cl)nc1. The number of pyridine rings is 1. The Morgan fingerprint density at radius 3 is 2.68 bits per heavy atom. The van der Waals surface area contributed by atoms with Crippen molar-refractivity contribution in [1.82, 2.24) is 15.3 Å². The van der Waals surface area contributed by atoms with Gasteiger partial charge >= 0.3 is 0 Å². The van der Waals surface area contributed by atoms with E-state index in [2.05, 4.69) is 27.8 Å². The smallest absolute Gasteiger partial charge is 0.129 e. The van der Waals surface area contributed by atoms with Crippen molar-refractivity contribution < 1.29 is 9.84 Å². The van der Waals surface area contributed by atoms with Crippen LogP contribution in [0.2, 0.25) is 5.15 Å². The molecule has 2 N–H and O–H groups in total. The van der Waals surface area contributed by atoms with Crippen molar-refractivity contribution >= 4 is 22.9 Å². The summed E-state index contributed by atoms with van der Waals surface area (Å²) in [6.45, 7) is 1.51. The molecule has 0 amide bonds. The van der Waals surface area contributed by atoms with Gasteiger partial charge in [-0.2, -0.15) is 0 Å². The third kappa shape index (κ3) is 5.89. The molecule has 0 saturated heterocycles. The summed E-state index contributed by atoms with van der Waals surface area (Å²) in [6.07, 6.45) is 0.940. The largest absolute Gasteiger partial charge is 0.492 e. The fraction of sp³-hybridized carbons (Fsp3) is 0.167. The molecular formula is C24H22ClN3O2S. The van der Waals surface area contributed by atoms with Gasteiger partial charge in [-0.25, -0.2) is 9.97 Å². The Labute approximate surface area is 190 Å². The van der Waals surface area contributed by atoms with Crippen LogP contribution in [0, 0.1) is 0 Å². The molecule has 0 fully saturated rings. The third-order valence-corrected chi connectivity index (χ3v) is 5.79. The predicted molar refractivity (Wildman–Crippen MR) is 126 cm³/mol. The molecule has 31 heavy (non-hydrogen) atoms. The number of aromatic nitrogens is 2. The minimum absolute atomic E-state index is 0.411. The normalized spacial score (nSPS) is 11.9. The van der Waals surface area contributed by atoms with Crippen molar-refractivity contribution in [3.8, 4) is 27.6 Å². The number of nitrogens with zero attached hydrogens (tertiary/aromatic N) is 2. The van der Waals surface area contributed by atoms with Crippen LogP contribution in [0.1, 0.15) is 11.7 Å². The van der Waals surface area contributed by atoms with Gasteiger partial charge in [-0.05, 0) is 18.2 Å². The standard InChI is InChI=1S/C24H22ClN3O2S/c25-23-10-9-19(14-27-23)22(29)15-26-11-12-30-20-8-4-7-18(13-20)21-16-31-24(28-21)17-5-2-1-3-6-17/h1-10,13-14,16,22,26,29H,11-12,15H2/t22-/m0/s1. The van der Waals surface area contributed by atoms with Gasteiger partial charge < -0.3 is 15.2 Å². The third-order valence-electron chi connectivity index (χ3n) is 4.68. The van der Waals surface area contributed by atoms with Gasteiger partial charge in [0.05, 0.1) is 11.8 Å². The number of nitrogens with one attached hydrogen (secondary N) is 1. The van der Waals surface area contributed by atoms with Gasteiger partial charge in [-0.1, -0.05) is 60.1 Å². The van der Waals surface area contributed by atoms with Crippen LogP contribution in [-0.4, -0.2) is 34.8 Å². The van der Waals surface area contributed by atoms with Crippen LogP contribution in [0.4, 0.5) is 0 Å². The molecule has 7 heteroatoms. The average molecular weight is 452 g/mol. The van der Waals surface area contributed by atoms with Crippen LogP contribution in [0.3, 0.4) is 0 Å². The lowest BCUT2D eigenvalue weighted by molar-refractivity contribution is 0.171. The second kappa shape index (κ2) is 10.5. The van der Waals surface area contributed by atoms with Gasteiger partial charge in [0, 0.05) is 41.4 Å². The Bertz CT molecular complexity index is 1100. The second-order valence-corrected chi connectivity index (χ2v) is 8.16. The molecule has 1 atom stereocenters. The summed E-state index contributed by atoms with van der Waals surface area (Å²) in [5, 5.41) is 16.8. The maximum Gasteiger partial charge on any atom is 0.129 e. The van der Waals surface area contributed by atoms with E-state index in [1.165, 1.54) is 0 Å². The molecule has 158 valence electrons. The lowest BCUT2D eigenvalue weighted by Gasteiger charge is -2.12. The highest BCUT2D eigenvalue weighted by Gasteiger charge is 2.09. The van der Waals surface area contributed by atoms with E-state index in [0.29, 0.717) is 24.8 Å². The number of thiazole rings is 1. The summed E-state index contributed by atoms with van der Waals surface area (Å²) in [4.78, 5) is 8.75. The summed E-state index contributed by atoms with van der Waals surface area (Å²) >= 11 is 7.40. The molecule has 5 nitrogen and oxygen atoms in total. The minimum Gasteiger partial charge on any atom is -0.492 e. The summed E-state index contributed by atoms with van der Waals surface area (Å²) in [5.41, 5.74) is 3.80. The Balaban J connectivity index is 1.27. The van der Waals surface area contributed by atoms with E-state index in [0.717, 1.165) is 33.1 Å². The highest BCUT2D eigenvalue weighted by molar-refractivity contribution is 7.13. The maximum absolute atomic E-state index is 10.2. The summed E-state index contributed by atoms with van der Waals surface area (Å²) in [7, 11) is 0. The van der Waals surface area contributed by atoms with Crippen LogP contribution < -0.4 is 10.1 Å². The van der Waals surface area contributed by atoms with Crippen molar-refractivity contribution in [3.05, 3.63) is 89.0 Å². The molecule has 0 radical (unpaired) electrons. The van der Waals surface area contributed by atoms with Crippen molar-refractivity contribution in [2.45, 2.75) is 6.10 Å². The second-order valence-electron chi connectivity index (χ2n) is 6.91. The Morgan fingerprint density at radius 2 is 1.87 bits per heavy atom. The average Bonchev–Trinajstić information content (AvgIpc) is 3.30. The topological polar surface area (TPSA) is 67.3 Å². The van der Waals surface area contributed by atoms with E-state index in [-0.39, 0.29) is 0 Å². The van der Waals surface area contributed by atoms with Crippen LogP contribution >= 0.6 is 22.9 Å². The fourth-order valence-electron chi connectivity index (χ4n) is 3.05. The van der Waals surface area contributed by atoms with Crippen molar-refractivity contribution in [2.75, 3.05) is 19.7 Å². The van der Waals surface area contributed by atoms with Gasteiger partial charge in [0.2, 0.25) is 0 Å². The van der Waals surface area contributed by atoms with E-state index in [1.807, 2.05) is 42.5 Å².